The van der Waals surface area contributed by atoms with Gasteiger partial charge in [0.15, 0.2) is 0 Å². The van der Waals surface area contributed by atoms with Crippen LogP contribution in [0.4, 0.5) is 0 Å². The van der Waals surface area contributed by atoms with Crippen molar-refractivity contribution < 1.29 is 4.74 Å². The van der Waals surface area contributed by atoms with Crippen LogP contribution >= 0.6 is 0 Å². The van der Waals surface area contributed by atoms with E-state index in [1.807, 2.05) is 0 Å². The zero-order valence-electron chi connectivity index (χ0n) is 11.5. The third-order valence-electron chi connectivity index (χ3n) is 4.18. The van der Waals surface area contributed by atoms with Gasteiger partial charge in [0.05, 0.1) is 7.11 Å². The van der Waals surface area contributed by atoms with Crippen molar-refractivity contribution in [3.63, 3.8) is 0 Å². The first-order valence-corrected chi connectivity index (χ1v) is 6.40. The summed E-state index contributed by atoms with van der Waals surface area (Å²) in [5.74, 6) is 1.64. The van der Waals surface area contributed by atoms with E-state index in [-0.39, 0.29) is 0 Å². The number of methoxy groups -OCH3 is 1. The molecule has 94 valence electrons. The van der Waals surface area contributed by atoms with Crippen molar-refractivity contribution in [2.75, 3.05) is 14.2 Å². The highest BCUT2D eigenvalue weighted by molar-refractivity contribution is 5.43. The van der Waals surface area contributed by atoms with E-state index >= 15 is 0 Å². The average molecular weight is 233 g/mol. The SMILES string of the molecule is CCc1cc(C2C(NC)C2(C)C)ccc1OC. The highest BCUT2D eigenvalue weighted by atomic mass is 16.5. The number of likely N-dealkylation sites (N-methyl/N-ethyl adjacent to an activating group) is 1. The molecule has 1 aromatic rings. The first kappa shape index (κ1) is 12.4. The Morgan fingerprint density at radius 2 is 2.06 bits per heavy atom. The first-order chi connectivity index (χ1) is 8.06. The van der Waals surface area contributed by atoms with Crippen molar-refractivity contribution in [1.29, 1.82) is 0 Å². The summed E-state index contributed by atoms with van der Waals surface area (Å²) in [4.78, 5) is 0. The van der Waals surface area contributed by atoms with E-state index in [1.54, 1.807) is 7.11 Å². The van der Waals surface area contributed by atoms with Gasteiger partial charge in [-0.25, -0.2) is 0 Å². The fraction of sp³-hybridized carbons (Fsp3) is 0.600. The standard InChI is InChI=1S/C15H23NO/c1-6-10-9-11(7-8-12(10)17-5)13-14(16-4)15(13,2)3/h7-9,13-14,16H,6H2,1-5H3. The van der Waals surface area contributed by atoms with Crippen molar-refractivity contribution in [2.45, 2.75) is 39.2 Å². The molecule has 2 unspecified atom stereocenters. The van der Waals surface area contributed by atoms with Gasteiger partial charge < -0.3 is 10.1 Å². The monoisotopic (exact) mass is 233 g/mol. The van der Waals surface area contributed by atoms with Crippen LogP contribution in [-0.4, -0.2) is 20.2 Å². The molecular formula is C15H23NO. The predicted molar refractivity (Wildman–Crippen MR) is 71.7 cm³/mol. The number of nitrogens with one attached hydrogen (secondary N) is 1. The minimum Gasteiger partial charge on any atom is -0.496 e. The van der Waals surface area contributed by atoms with E-state index in [2.05, 4.69) is 51.3 Å². The fourth-order valence-electron chi connectivity index (χ4n) is 3.07. The van der Waals surface area contributed by atoms with E-state index < -0.39 is 0 Å². The molecule has 0 spiro atoms. The molecule has 1 saturated carbocycles. The van der Waals surface area contributed by atoms with Gasteiger partial charge in [-0.3, -0.25) is 0 Å². The zero-order valence-corrected chi connectivity index (χ0v) is 11.5. The summed E-state index contributed by atoms with van der Waals surface area (Å²) in [5, 5.41) is 3.41. The van der Waals surface area contributed by atoms with Crippen LogP contribution in [0.2, 0.25) is 0 Å². The molecule has 2 heteroatoms. The summed E-state index contributed by atoms with van der Waals surface area (Å²) in [6.07, 6.45) is 1.02. The maximum atomic E-state index is 5.38. The summed E-state index contributed by atoms with van der Waals surface area (Å²) >= 11 is 0. The fourth-order valence-corrected chi connectivity index (χ4v) is 3.07. The lowest BCUT2D eigenvalue weighted by Crippen LogP contribution is -2.14. The molecule has 1 aliphatic carbocycles. The van der Waals surface area contributed by atoms with Gasteiger partial charge in [0, 0.05) is 12.0 Å². The van der Waals surface area contributed by atoms with E-state index in [0.29, 0.717) is 17.4 Å². The molecule has 0 aliphatic heterocycles. The highest BCUT2D eigenvalue weighted by Crippen LogP contribution is 2.58. The number of ether oxygens (including phenoxy) is 1. The van der Waals surface area contributed by atoms with E-state index in [1.165, 1.54) is 11.1 Å². The van der Waals surface area contributed by atoms with Crippen LogP contribution in [-0.2, 0) is 6.42 Å². The van der Waals surface area contributed by atoms with Gasteiger partial charge in [-0.2, -0.15) is 0 Å². The number of aryl methyl sites for hydroxylation is 1. The molecule has 0 saturated heterocycles. The molecule has 17 heavy (non-hydrogen) atoms. The van der Waals surface area contributed by atoms with Crippen LogP contribution in [0.5, 0.6) is 5.75 Å². The molecular weight excluding hydrogens is 210 g/mol. The second-order valence-corrected chi connectivity index (χ2v) is 5.49. The highest BCUT2D eigenvalue weighted by Gasteiger charge is 2.57. The predicted octanol–water partition coefficient (Wildman–Crippen LogP) is 2.97. The molecule has 0 heterocycles. The maximum absolute atomic E-state index is 5.38. The van der Waals surface area contributed by atoms with Crippen LogP contribution in [0, 0.1) is 5.41 Å². The summed E-state index contributed by atoms with van der Waals surface area (Å²) in [5.41, 5.74) is 3.11. The molecule has 1 fully saturated rings. The Kier molecular flexibility index (Phi) is 3.17. The number of hydrogen-bond donors (Lipinski definition) is 1. The van der Waals surface area contributed by atoms with Gasteiger partial charge in [-0.05, 0) is 36.1 Å². The third-order valence-corrected chi connectivity index (χ3v) is 4.18. The lowest BCUT2D eigenvalue weighted by atomic mass is 10.00. The van der Waals surface area contributed by atoms with E-state index in [4.69, 9.17) is 4.74 Å². The molecule has 0 aromatic heterocycles. The topological polar surface area (TPSA) is 21.3 Å². The normalized spacial score (nSPS) is 25.7. The Labute approximate surface area is 104 Å². The maximum Gasteiger partial charge on any atom is 0.122 e. The van der Waals surface area contributed by atoms with Crippen molar-refractivity contribution in [3.8, 4) is 5.75 Å². The van der Waals surface area contributed by atoms with Gasteiger partial charge in [0.25, 0.3) is 0 Å². The van der Waals surface area contributed by atoms with Gasteiger partial charge in [-0.1, -0.05) is 32.9 Å². The molecule has 2 atom stereocenters. The lowest BCUT2D eigenvalue weighted by Gasteiger charge is -2.10. The molecule has 1 aliphatic rings. The van der Waals surface area contributed by atoms with E-state index in [9.17, 15) is 0 Å². The summed E-state index contributed by atoms with van der Waals surface area (Å²) in [7, 11) is 3.79. The largest absolute Gasteiger partial charge is 0.496 e. The smallest absolute Gasteiger partial charge is 0.122 e. The molecule has 0 bridgehead atoms. The first-order valence-electron chi connectivity index (χ1n) is 6.40. The minimum atomic E-state index is 0.369. The number of benzene rings is 1. The van der Waals surface area contributed by atoms with Crippen LogP contribution in [0.3, 0.4) is 0 Å². The Balaban J connectivity index is 2.30. The molecule has 2 nitrogen and oxygen atoms in total. The molecule has 0 radical (unpaired) electrons. The third kappa shape index (κ3) is 1.95. The van der Waals surface area contributed by atoms with Crippen LogP contribution in [0.25, 0.3) is 0 Å². The Morgan fingerprint density at radius 3 is 2.53 bits per heavy atom. The molecule has 0 amide bonds. The van der Waals surface area contributed by atoms with Crippen molar-refractivity contribution in [3.05, 3.63) is 29.3 Å². The number of rotatable bonds is 4. The lowest BCUT2D eigenvalue weighted by molar-refractivity contribution is 0.410. The Bertz CT molecular complexity index is 411. The van der Waals surface area contributed by atoms with Crippen molar-refractivity contribution >= 4 is 0 Å². The van der Waals surface area contributed by atoms with Crippen molar-refractivity contribution in [1.82, 2.24) is 5.32 Å². The van der Waals surface area contributed by atoms with Crippen LogP contribution in [0.1, 0.15) is 37.8 Å². The van der Waals surface area contributed by atoms with Crippen LogP contribution < -0.4 is 10.1 Å². The summed E-state index contributed by atoms with van der Waals surface area (Å²) in [6.45, 7) is 6.83. The quantitative estimate of drug-likeness (QED) is 0.863. The summed E-state index contributed by atoms with van der Waals surface area (Å²) < 4.78 is 5.38. The van der Waals surface area contributed by atoms with Gasteiger partial charge in [0.1, 0.15) is 5.75 Å². The summed E-state index contributed by atoms with van der Waals surface area (Å²) in [6, 6.07) is 7.22. The van der Waals surface area contributed by atoms with Gasteiger partial charge in [0.2, 0.25) is 0 Å². The van der Waals surface area contributed by atoms with E-state index in [0.717, 1.165) is 12.2 Å². The second-order valence-electron chi connectivity index (χ2n) is 5.49. The zero-order chi connectivity index (χ0) is 12.6. The molecule has 1 N–H and O–H groups in total. The van der Waals surface area contributed by atoms with Crippen molar-refractivity contribution in [2.24, 2.45) is 5.41 Å². The Hall–Kier alpha value is -1.02. The molecule has 2 rings (SSSR count). The number of hydrogen-bond acceptors (Lipinski definition) is 2. The second kappa shape index (κ2) is 4.34. The van der Waals surface area contributed by atoms with Crippen LogP contribution in [0.15, 0.2) is 18.2 Å². The average Bonchev–Trinajstić information content (AvgIpc) is 2.90. The molecule has 1 aromatic carbocycles. The van der Waals surface area contributed by atoms with Gasteiger partial charge in [-0.15, -0.1) is 0 Å². The minimum absolute atomic E-state index is 0.369. The Morgan fingerprint density at radius 1 is 1.35 bits per heavy atom. The van der Waals surface area contributed by atoms with Gasteiger partial charge >= 0.3 is 0 Å².